The maximum absolute atomic E-state index is 12.2. The van der Waals surface area contributed by atoms with Crippen molar-refractivity contribution in [1.29, 1.82) is 0 Å². The van der Waals surface area contributed by atoms with Gasteiger partial charge in [-0.05, 0) is 12.3 Å². The SMILES string of the molecule is CCCCCCCCCCCCC(C)C1(C(=O)N(C)C)CO1. The molecule has 1 aliphatic heterocycles. The average Bonchev–Trinajstić information content (AvgIpc) is 3.29. The molecule has 0 aromatic rings. The monoisotopic (exact) mass is 311 g/mol. The molecule has 0 aromatic heterocycles. The van der Waals surface area contributed by atoms with E-state index in [0.29, 0.717) is 12.5 Å². The van der Waals surface area contributed by atoms with Crippen molar-refractivity contribution in [3.8, 4) is 0 Å². The van der Waals surface area contributed by atoms with Gasteiger partial charge in [-0.2, -0.15) is 0 Å². The Labute approximate surface area is 137 Å². The molecule has 1 heterocycles. The van der Waals surface area contributed by atoms with Crippen LogP contribution in [-0.2, 0) is 9.53 Å². The van der Waals surface area contributed by atoms with Crippen LogP contribution in [0.15, 0.2) is 0 Å². The van der Waals surface area contributed by atoms with E-state index in [4.69, 9.17) is 4.74 Å². The zero-order valence-electron chi connectivity index (χ0n) is 15.3. The fourth-order valence-electron chi connectivity index (χ4n) is 3.25. The zero-order valence-corrected chi connectivity index (χ0v) is 15.3. The highest BCUT2D eigenvalue weighted by molar-refractivity contribution is 5.87. The highest BCUT2D eigenvalue weighted by Crippen LogP contribution is 2.39. The van der Waals surface area contributed by atoms with Crippen molar-refractivity contribution in [2.45, 2.75) is 90.1 Å². The largest absolute Gasteiger partial charge is 0.359 e. The molecule has 130 valence electrons. The van der Waals surface area contributed by atoms with E-state index in [1.54, 1.807) is 4.90 Å². The maximum atomic E-state index is 12.2. The summed E-state index contributed by atoms with van der Waals surface area (Å²) in [6, 6.07) is 0. The molecule has 0 aromatic carbocycles. The molecular weight excluding hydrogens is 274 g/mol. The van der Waals surface area contributed by atoms with Crippen LogP contribution < -0.4 is 0 Å². The first-order chi connectivity index (χ1) is 10.5. The maximum Gasteiger partial charge on any atom is 0.257 e. The van der Waals surface area contributed by atoms with Crippen LogP contribution in [0.2, 0.25) is 0 Å². The van der Waals surface area contributed by atoms with Gasteiger partial charge in [0.25, 0.3) is 5.91 Å². The van der Waals surface area contributed by atoms with E-state index in [-0.39, 0.29) is 5.91 Å². The number of carbonyl (C=O) groups excluding carboxylic acids is 1. The van der Waals surface area contributed by atoms with Crippen LogP contribution >= 0.6 is 0 Å². The van der Waals surface area contributed by atoms with Crippen molar-refractivity contribution < 1.29 is 9.53 Å². The quantitative estimate of drug-likeness (QED) is 0.362. The topological polar surface area (TPSA) is 32.8 Å². The number of rotatable bonds is 13. The molecule has 1 saturated heterocycles. The van der Waals surface area contributed by atoms with Gasteiger partial charge in [0.2, 0.25) is 0 Å². The lowest BCUT2D eigenvalue weighted by Crippen LogP contribution is -2.41. The molecule has 0 radical (unpaired) electrons. The summed E-state index contributed by atoms with van der Waals surface area (Å²) < 4.78 is 5.53. The smallest absolute Gasteiger partial charge is 0.257 e. The van der Waals surface area contributed by atoms with Gasteiger partial charge in [0.05, 0.1) is 6.61 Å². The Balaban J connectivity index is 2.00. The Kier molecular flexibility index (Phi) is 9.08. The number of likely N-dealkylation sites (N-methyl/N-ethyl adjacent to an activating group) is 1. The zero-order chi connectivity index (χ0) is 16.4. The first-order valence-corrected chi connectivity index (χ1v) is 9.40. The second-order valence-electron chi connectivity index (χ2n) is 7.25. The highest BCUT2D eigenvalue weighted by Gasteiger charge is 2.56. The molecule has 3 nitrogen and oxygen atoms in total. The number of amides is 1. The summed E-state index contributed by atoms with van der Waals surface area (Å²) in [4.78, 5) is 13.8. The van der Waals surface area contributed by atoms with Crippen LogP contribution in [0.1, 0.15) is 84.5 Å². The summed E-state index contributed by atoms with van der Waals surface area (Å²) in [5, 5.41) is 0. The molecule has 0 N–H and O–H groups in total. The van der Waals surface area contributed by atoms with E-state index in [2.05, 4.69) is 13.8 Å². The van der Waals surface area contributed by atoms with Gasteiger partial charge in [0.1, 0.15) is 0 Å². The number of unbranched alkanes of at least 4 members (excludes halogenated alkanes) is 9. The number of hydrogen-bond donors (Lipinski definition) is 0. The Bertz CT molecular complexity index is 311. The minimum Gasteiger partial charge on any atom is -0.359 e. The molecule has 1 aliphatic rings. The van der Waals surface area contributed by atoms with Gasteiger partial charge < -0.3 is 9.64 Å². The summed E-state index contributed by atoms with van der Waals surface area (Å²) >= 11 is 0. The molecule has 0 aliphatic carbocycles. The van der Waals surface area contributed by atoms with Crippen LogP contribution in [0.3, 0.4) is 0 Å². The molecular formula is C19H37NO2. The first kappa shape index (κ1) is 19.5. The summed E-state index contributed by atoms with van der Waals surface area (Å²) in [7, 11) is 3.64. The molecule has 0 spiro atoms. The lowest BCUT2D eigenvalue weighted by molar-refractivity contribution is -0.136. The van der Waals surface area contributed by atoms with Gasteiger partial charge in [-0.25, -0.2) is 0 Å². The standard InChI is InChI=1S/C19H37NO2/c1-5-6-7-8-9-10-11-12-13-14-15-17(2)19(16-22-19)18(21)20(3)4/h17H,5-16H2,1-4H3. The summed E-state index contributed by atoms with van der Waals surface area (Å²) in [6.45, 7) is 5.05. The van der Waals surface area contributed by atoms with E-state index >= 15 is 0 Å². The molecule has 1 rings (SSSR count). The number of epoxide rings is 1. The third kappa shape index (κ3) is 6.28. The third-order valence-electron chi connectivity index (χ3n) is 5.01. The van der Waals surface area contributed by atoms with Crippen LogP contribution in [-0.4, -0.2) is 37.1 Å². The molecule has 3 heteroatoms. The van der Waals surface area contributed by atoms with Crippen molar-refractivity contribution in [3.05, 3.63) is 0 Å². The van der Waals surface area contributed by atoms with E-state index in [9.17, 15) is 4.79 Å². The third-order valence-corrected chi connectivity index (χ3v) is 5.01. The number of hydrogen-bond acceptors (Lipinski definition) is 2. The second kappa shape index (κ2) is 10.3. The Morgan fingerprint density at radius 2 is 1.45 bits per heavy atom. The Morgan fingerprint density at radius 3 is 1.86 bits per heavy atom. The summed E-state index contributed by atoms with van der Waals surface area (Å²) in [5.74, 6) is 0.489. The number of carbonyl (C=O) groups is 1. The minimum atomic E-state index is -0.483. The number of nitrogens with zero attached hydrogens (tertiary/aromatic N) is 1. The van der Waals surface area contributed by atoms with Gasteiger partial charge in [0, 0.05) is 14.1 Å². The molecule has 1 amide bonds. The minimum absolute atomic E-state index is 0.145. The fraction of sp³-hybridized carbons (Fsp3) is 0.947. The predicted molar refractivity (Wildman–Crippen MR) is 93.0 cm³/mol. The van der Waals surface area contributed by atoms with Gasteiger partial charge in [-0.15, -0.1) is 0 Å². The lowest BCUT2D eigenvalue weighted by Gasteiger charge is -2.22. The average molecular weight is 312 g/mol. The van der Waals surface area contributed by atoms with E-state index in [1.165, 1.54) is 64.2 Å². The molecule has 0 saturated carbocycles. The highest BCUT2D eigenvalue weighted by atomic mass is 16.6. The van der Waals surface area contributed by atoms with Gasteiger partial charge >= 0.3 is 0 Å². The molecule has 2 unspecified atom stereocenters. The lowest BCUT2D eigenvalue weighted by atomic mass is 9.88. The molecule has 2 atom stereocenters. The Morgan fingerprint density at radius 1 is 1.00 bits per heavy atom. The van der Waals surface area contributed by atoms with E-state index in [1.807, 2.05) is 14.1 Å². The van der Waals surface area contributed by atoms with E-state index < -0.39 is 5.60 Å². The predicted octanol–water partition coefficient (Wildman–Crippen LogP) is 4.79. The molecule has 0 bridgehead atoms. The van der Waals surface area contributed by atoms with Gasteiger partial charge in [-0.1, -0.05) is 78.1 Å². The van der Waals surface area contributed by atoms with Crippen molar-refractivity contribution in [1.82, 2.24) is 4.90 Å². The van der Waals surface area contributed by atoms with Crippen molar-refractivity contribution >= 4 is 5.91 Å². The summed E-state index contributed by atoms with van der Waals surface area (Å²) in [6.07, 6.45) is 14.7. The Hall–Kier alpha value is -0.570. The normalized spacial score (nSPS) is 21.6. The van der Waals surface area contributed by atoms with Crippen LogP contribution in [0.25, 0.3) is 0 Å². The molecule has 1 fully saturated rings. The number of ether oxygens (including phenoxy) is 1. The van der Waals surface area contributed by atoms with Gasteiger partial charge in [-0.3, -0.25) is 4.79 Å². The van der Waals surface area contributed by atoms with Crippen molar-refractivity contribution in [2.24, 2.45) is 5.92 Å². The van der Waals surface area contributed by atoms with E-state index in [0.717, 1.165) is 6.42 Å². The van der Waals surface area contributed by atoms with Crippen molar-refractivity contribution in [2.75, 3.05) is 20.7 Å². The second-order valence-corrected chi connectivity index (χ2v) is 7.25. The first-order valence-electron chi connectivity index (χ1n) is 9.40. The van der Waals surface area contributed by atoms with Gasteiger partial charge in [0.15, 0.2) is 5.60 Å². The van der Waals surface area contributed by atoms with Crippen LogP contribution in [0, 0.1) is 5.92 Å². The fourth-order valence-corrected chi connectivity index (χ4v) is 3.25. The summed E-state index contributed by atoms with van der Waals surface area (Å²) in [5.41, 5.74) is -0.483. The van der Waals surface area contributed by atoms with Crippen molar-refractivity contribution in [3.63, 3.8) is 0 Å². The molecule has 22 heavy (non-hydrogen) atoms. The van der Waals surface area contributed by atoms with Crippen LogP contribution in [0.5, 0.6) is 0 Å². The van der Waals surface area contributed by atoms with Crippen LogP contribution in [0.4, 0.5) is 0 Å².